The minimum absolute atomic E-state index is 0.139. The lowest BCUT2D eigenvalue weighted by molar-refractivity contribution is 0.319. The van der Waals surface area contributed by atoms with Gasteiger partial charge < -0.3 is 4.74 Å². The van der Waals surface area contributed by atoms with Gasteiger partial charge in [-0.2, -0.15) is 16.9 Å². The minimum Gasteiger partial charge on any atom is -0.478 e. The van der Waals surface area contributed by atoms with Crippen molar-refractivity contribution in [2.24, 2.45) is 0 Å². The van der Waals surface area contributed by atoms with Crippen LogP contribution in [0.4, 0.5) is 0 Å². The zero-order chi connectivity index (χ0) is 12.5. The molecule has 0 atom stereocenters. The van der Waals surface area contributed by atoms with Crippen molar-refractivity contribution in [1.82, 2.24) is 9.29 Å². The Morgan fingerprint density at radius 1 is 1.53 bits per heavy atom. The number of sulfonamides is 1. The highest BCUT2D eigenvalue weighted by molar-refractivity contribution is 7.89. The molecule has 5 nitrogen and oxygen atoms in total. The molecule has 2 rings (SSSR count). The van der Waals surface area contributed by atoms with E-state index in [1.807, 2.05) is 6.92 Å². The zero-order valence-electron chi connectivity index (χ0n) is 9.41. The third kappa shape index (κ3) is 2.56. The summed E-state index contributed by atoms with van der Waals surface area (Å²) in [5.41, 5.74) is 0. The fraction of sp³-hybridized carbons (Fsp3) is 0.500. The van der Waals surface area contributed by atoms with Gasteiger partial charge in [0.25, 0.3) is 0 Å². The standard InChI is InChI=1S/C10H14N2O3S2/c1-2-15-10-4-3-9(5-11-10)17(13,14)12-6-8(16)7-12/h3-5,8,16H,2,6-7H2,1H3. The van der Waals surface area contributed by atoms with Crippen molar-refractivity contribution in [3.8, 4) is 5.88 Å². The van der Waals surface area contributed by atoms with E-state index in [1.54, 1.807) is 6.07 Å². The van der Waals surface area contributed by atoms with Crippen LogP contribution in [0.3, 0.4) is 0 Å². The van der Waals surface area contributed by atoms with Crippen molar-refractivity contribution < 1.29 is 13.2 Å². The highest BCUT2D eigenvalue weighted by Crippen LogP contribution is 2.24. The average molecular weight is 274 g/mol. The second-order valence-electron chi connectivity index (χ2n) is 3.74. The second kappa shape index (κ2) is 4.83. The van der Waals surface area contributed by atoms with Crippen molar-refractivity contribution in [2.75, 3.05) is 19.7 Å². The number of hydrogen-bond acceptors (Lipinski definition) is 5. The first-order chi connectivity index (χ1) is 8.04. The number of aromatic nitrogens is 1. The quantitative estimate of drug-likeness (QED) is 0.824. The molecule has 0 saturated carbocycles. The number of nitrogens with zero attached hydrogens (tertiary/aromatic N) is 2. The minimum atomic E-state index is -3.40. The summed E-state index contributed by atoms with van der Waals surface area (Å²) in [7, 11) is -3.40. The number of thiol groups is 1. The molecule has 0 spiro atoms. The van der Waals surface area contributed by atoms with Crippen LogP contribution in [0, 0.1) is 0 Å². The average Bonchev–Trinajstić information content (AvgIpc) is 2.26. The molecule has 1 aromatic rings. The molecule has 1 aromatic heterocycles. The monoisotopic (exact) mass is 274 g/mol. The first-order valence-corrected chi connectivity index (χ1v) is 7.26. The Hall–Kier alpha value is -0.790. The largest absolute Gasteiger partial charge is 0.478 e. The topological polar surface area (TPSA) is 59.5 Å². The van der Waals surface area contributed by atoms with Crippen molar-refractivity contribution in [2.45, 2.75) is 17.1 Å². The summed E-state index contributed by atoms with van der Waals surface area (Å²) in [6, 6.07) is 3.08. The Kier molecular flexibility index (Phi) is 3.60. The van der Waals surface area contributed by atoms with E-state index in [9.17, 15) is 8.42 Å². The second-order valence-corrected chi connectivity index (χ2v) is 6.41. The van der Waals surface area contributed by atoms with Crippen molar-refractivity contribution in [1.29, 1.82) is 0 Å². The summed E-state index contributed by atoms with van der Waals surface area (Å²) < 4.78 is 30.6. The number of rotatable bonds is 4. The summed E-state index contributed by atoms with van der Waals surface area (Å²) in [5.74, 6) is 0.433. The lowest BCUT2D eigenvalue weighted by Crippen LogP contribution is -2.50. The van der Waals surface area contributed by atoms with Crippen LogP contribution in [0.2, 0.25) is 0 Å². The van der Waals surface area contributed by atoms with Gasteiger partial charge in [-0.3, -0.25) is 0 Å². The van der Waals surface area contributed by atoms with Crippen LogP contribution < -0.4 is 4.74 Å². The highest BCUT2D eigenvalue weighted by Gasteiger charge is 2.34. The molecule has 1 saturated heterocycles. The van der Waals surface area contributed by atoms with Crippen LogP contribution in [-0.2, 0) is 10.0 Å². The van der Waals surface area contributed by atoms with Crippen molar-refractivity contribution in [3.05, 3.63) is 18.3 Å². The predicted octanol–water partition coefficient (Wildman–Crippen LogP) is 0.783. The van der Waals surface area contributed by atoms with E-state index in [0.717, 1.165) is 0 Å². The fourth-order valence-electron chi connectivity index (χ4n) is 1.51. The molecular weight excluding hydrogens is 260 g/mol. The molecule has 0 unspecified atom stereocenters. The van der Waals surface area contributed by atoms with Gasteiger partial charge in [0.2, 0.25) is 15.9 Å². The van der Waals surface area contributed by atoms with E-state index in [0.29, 0.717) is 25.6 Å². The van der Waals surface area contributed by atoms with Crippen LogP contribution in [0.15, 0.2) is 23.2 Å². The van der Waals surface area contributed by atoms with E-state index in [4.69, 9.17) is 4.74 Å². The molecule has 94 valence electrons. The Morgan fingerprint density at radius 3 is 2.71 bits per heavy atom. The first kappa shape index (κ1) is 12.7. The third-order valence-electron chi connectivity index (χ3n) is 2.47. The molecule has 1 aliphatic heterocycles. The maximum atomic E-state index is 12.0. The van der Waals surface area contributed by atoms with Gasteiger partial charge in [-0.05, 0) is 13.0 Å². The Bertz CT molecular complexity index is 481. The molecule has 0 aromatic carbocycles. The molecule has 2 heterocycles. The third-order valence-corrected chi connectivity index (χ3v) is 4.61. The normalized spacial score (nSPS) is 17.8. The molecule has 1 fully saturated rings. The molecule has 0 amide bonds. The van der Waals surface area contributed by atoms with Gasteiger partial charge >= 0.3 is 0 Å². The van der Waals surface area contributed by atoms with Gasteiger partial charge in [-0.15, -0.1) is 0 Å². The number of pyridine rings is 1. The molecule has 17 heavy (non-hydrogen) atoms. The van der Waals surface area contributed by atoms with E-state index in [2.05, 4.69) is 17.6 Å². The smallest absolute Gasteiger partial charge is 0.244 e. The van der Waals surface area contributed by atoms with Gasteiger partial charge in [-0.1, -0.05) is 0 Å². The Labute approximate surface area is 106 Å². The predicted molar refractivity (Wildman–Crippen MR) is 66.9 cm³/mol. The summed E-state index contributed by atoms with van der Waals surface area (Å²) in [5, 5.41) is 0.139. The maximum absolute atomic E-state index is 12.0. The molecule has 0 radical (unpaired) electrons. The van der Waals surface area contributed by atoms with Crippen LogP contribution in [-0.4, -0.2) is 42.7 Å². The van der Waals surface area contributed by atoms with E-state index in [1.165, 1.54) is 16.6 Å². The zero-order valence-corrected chi connectivity index (χ0v) is 11.1. The molecule has 0 aliphatic carbocycles. The molecule has 0 N–H and O–H groups in total. The fourth-order valence-corrected chi connectivity index (χ4v) is 3.61. The van der Waals surface area contributed by atoms with Crippen LogP contribution in [0.1, 0.15) is 6.92 Å². The van der Waals surface area contributed by atoms with E-state index < -0.39 is 10.0 Å². The van der Waals surface area contributed by atoms with Crippen LogP contribution in [0.25, 0.3) is 0 Å². The SMILES string of the molecule is CCOc1ccc(S(=O)(=O)N2CC(S)C2)cn1. The molecule has 7 heteroatoms. The van der Waals surface area contributed by atoms with E-state index >= 15 is 0 Å². The maximum Gasteiger partial charge on any atom is 0.244 e. The number of hydrogen-bond donors (Lipinski definition) is 1. The van der Waals surface area contributed by atoms with Crippen LogP contribution >= 0.6 is 12.6 Å². The van der Waals surface area contributed by atoms with Gasteiger partial charge in [0.05, 0.1) is 12.8 Å². The summed E-state index contributed by atoms with van der Waals surface area (Å²) in [4.78, 5) is 4.14. The summed E-state index contributed by atoms with van der Waals surface area (Å²) in [6.07, 6.45) is 1.33. The van der Waals surface area contributed by atoms with Crippen molar-refractivity contribution >= 4 is 22.7 Å². The Morgan fingerprint density at radius 2 is 2.24 bits per heavy atom. The molecule has 0 bridgehead atoms. The van der Waals surface area contributed by atoms with Crippen LogP contribution in [0.5, 0.6) is 5.88 Å². The van der Waals surface area contributed by atoms with Gasteiger partial charge in [-0.25, -0.2) is 13.4 Å². The van der Waals surface area contributed by atoms with Gasteiger partial charge in [0.1, 0.15) is 4.90 Å². The Balaban J connectivity index is 2.16. The summed E-state index contributed by atoms with van der Waals surface area (Å²) in [6.45, 7) is 3.27. The van der Waals surface area contributed by atoms with Gasteiger partial charge in [0.15, 0.2) is 0 Å². The molecular formula is C10H14N2O3S2. The lowest BCUT2D eigenvalue weighted by atomic mass is 10.3. The lowest BCUT2D eigenvalue weighted by Gasteiger charge is -2.34. The number of ether oxygens (including phenoxy) is 1. The van der Waals surface area contributed by atoms with E-state index in [-0.39, 0.29) is 10.1 Å². The first-order valence-electron chi connectivity index (χ1n) is 5.31. The molecule has 1 aliphatic rings. The van der Waals surface area contributed by atoms with Gasteiger partial charge in [0, 0.05) is 24.4 Å². The highest BCUT2D eigenvalue weighted by atomic mass is 32.2. The summed E-state index contributed by atoms with van der Waals surface area (Å²) >= 11 is 4.19. The van der Waals surface area contributed by atoms with Crippen molar-refractivity contribution in [3.63, 3.8) is 0 Å².